The Kier molecular flexibility index (Phi) is 4.10. The molecule has 1 aromatic rings. The normalized spacial score (nSPS) is 18.1. The van der Waals surface area contributed by atoms with E-state index in [-0.39, 0.29) is 12.4 Å². The molecule has 19 heavy (non-hydrogen) atoms. The summed E-state index contributed by atoms with van der Waals surface area (Å²) in [7, 11) is 0. The van der Waals surface area contributed by atoms with Crippen LogP contribution >= 0.6 is 0 Å². The minimum atomic E-state index is -4.32. The van der Waals surface area contributed by atoms with Crippen molar-refractivity contribution in [1.82, 2.24) is 5.32 Å². The van der Waals surface area contributed by atoms with Gasteiger partial charge in [0.1, 0.15) is 12.4 Å². The highest BCUT2D eigenvalue weighted by atomic mass is 19.4. The Labute approximate surface area is 108 Å². The molecule has 0 amide bonds. The molecule has 2 nitrogen and oxygen atoms in total. The minimum absolute atomic E-state index is 0.0322. The van der Waals surface area contributed by atoms with Crippen LogP contribution in [0.4, 0.5) is 17.6 Å². The van der Waals surface area contributed by atoms with E-state index >= 15 is 0 Å². The van der Waals surface area contributed by atoms with Crippen molar-refractivity contribution in [3.05, 3.63) is 35.6 Å². The summed E-state index contributed by atoms with van der Waals surface area (Å²) >= 11 is 0. The smallest absolute Gasteiger partial charge is 0.372 e. The maximum atomic E-state index is 13.8. The highest BCUT2D eigenvalue weighted by Gasteiger charge is 2.40. The molecular formula is C13H15F4NO. The number of hydrogen-bond acceptors (Lipinski definition) is 2. The summed E-state index contributed by atoms with van der Waals surface area (Å²) in [6.45, 7) is -0.171. The van der Waals surface area contributed by atoms with Gasteiger partial charge in [-0.15, -0.1) is 0 Å². The third kappa shape index (κ3) is 3.45. The van der Waals surface area contributed by atoms with E-state index in [4.69, 9.17) is 0 Å². The summed E-state index contributed by atoms with van der Waals surface area (Å²) in [4.78, 5) is 0. The molecule has 0 aliphatic carbocycles. The third-order valence-electron chi connectivity index (χ3n) is 3.36. The van der Waals surface area contributed by atoms with Crippen LogP contribution in [0.2, 0.25) is 0 Å². The monoisotopic (exact) mass is 277 g/mol. The molecule has 0 aromatic heterocycles. The summed E-state index contributed by atoms with van der Waals surface area (Å²) in [6.07, 6.45) is -3.94. The highest BCUT2D eigenvalue weighted by molar-refractivity contribution is 5.31. The van der Waals surface area contributed by atoms with Crippen LogP contribution in [0.5, 0.6) is 0 Å². The van der Waals surface area contributed by atoms with E-state index < -0.39 is 18.2 Å². The summed E-state index contributed by atoms with van der Waals surface area (Å²) in [5, 5.41) is 3.04. The molecule has 0 saturated carbocycles. The maximum Gasteiger partial charge on any atom is 0.411 e. The lowest BCUT2D eigenvalue weighted by atomic mass is 9.72. The molecule has 1 saturated heterocycles. The van der Waals surface area contributed by atoms with Crippen molar-refractivity contribution in [1.29, 1.82) is 0 Å². The van der Waals surface area contributed by atoms with Crippen LogP contribution in [-0.4, -0.2) is 32.5 Å². The summed E-state index contributed by atoms with van der Waals surface area (Å²) in [5.41, 5.74) is 0.0982. The third-order valence-corrected chi connectivity index (χ3v) is 3.36. The van der Waals surface area contributed by atoms with E-state index in [1.807, 2.05) is 0 Å². The first-order valence-corrected chi connectivity index (χ1v) is 6.03. The van der Waals surface area contributed by atoms with Crippen molar-refractivity contribution in [3.63, 3.8) is 0 Å². The van der Waals surface area contributed by atoms with Crippen LogP contribution in [-0.2, 0) is 10.2 Å². The molecule has 0 radical (unpaired) electrons. The van der Waals surface area contributed by atoms with E-state index in [0.29, 0.717) is 25.1 Å². The molecule has 6 heteroatoms. The van der Waals surface area contributed by atoms with Gasteiger partial charge in [0.25, 0.3) is 0 Å². The van der Waals surface area contributed by atoms with Crippen molar-refractivity contribution in [2.24, 2.45) is 0 Å². The number of benzene rings is 1. The number of nitrogens with one attached hydrogen (secondary N) is 1. The lowest BCUT2D eigenvalue weighted by Crippen LogP contribution is -2.57. The lowest BCUT2D eigenvalue weighted by Gasteiger charge is -2.43. The zero-order valence-electron chi connectivity index (χ0n) is 10.3. The van der Waals surface area contributed by atoms with E-state index in [9.17, 15) is 17.6 Å². The average molecular weight is 277 g/mol. The SMILES string of the molecule is Fc1ccccc1C1(CCOCC(F)(F)F)CNC1. The second kappa shape index (κ2) is 5.46. The van der Waals surface area contributed by atoms with Crippen LogP contribution in [0.1, 0.15) is 12.0 Å². The van der Waals surface area contributed by atoms with Crippen molar-refractivity contribution >= 4 is 0 Å². The Hall–Kier alpha value is -1.14. The van der Waals surface area contributed by atoms with Gasteiger partial charge in [0.2, 0.25) is 0 Å². The first-order valence-electron chi connectivity index (χ1n) is 6.03. The van der Waals surface area contributed by atoms with E-state index in [0.717, 1.165) is 0 Å². The van der Waals surface area contributed by atoms with Gasteiger partial charge in [-0.1, -0.05) is 18.2 Å². The van der Waals surface area contributed by atoms with E-state index in [1.54, 1.807) is 18.2 Å². The first kappa shape index (κ1) is 14.3. The largest absolute Gasteiger partial charge is 0.411 e. The number of rotatable bonds is 5. The molecule has 1 aromatic carbocycles. The standard InChI is InChI=1S/C13H15F4NO/c14-11-4-2-1-3-10(11)12(7-18-8-12)5-6-19-9-13(15,16)17/h1-4,18H,5-9H2. The second-order valence-corrected chi connectivity index (χ2v) is 4.78. The molecule has 2 rings (SSSR count). The molecular weight excluding hydrogens is 262 g/mol. The van der Waals surface area contributed by atoms with Crippen LogP contribution in [0.3, 0.4) is 0 Å². The number of halogens is 4. The summed E-state index contributed by atoms with van der Waals surface area (Å²) in [6, 6.07) is 6.37. The van der Waals surface area contributed by atoms with Crippen molar-refractivity contribution in [3.8, 4) is 0 Å². The van der Waals surface area contributed by atoms with Gasteiger partial charge in [0.15, 0.2) is 0 Å². The van der Waals surface area contributed by atoms with Crippen LogP contribution in [0.15, 0.2) is 24.3 Å². The van der Waals surface area contributed by atoms with Gasteiger partial charge in [-0.3, -0.25) is 0 Å². The first-order chi connectivity index (χ1) is 8.93. The fourth-order valence-electron chi connectivity index (χ4n) is 2.28. The van der Waals surface area contributed by atoms with Gasteiger partial charge in [0, 0.05) is 25.1 Å². The van der Waals surface area contributed by atoms with E-state index in [2.05, 4.69) is 10.1 Å². The summed E-state index contributed by atoms with van der Waals surface area (Å²) < 4.78 is 54.3. The van der Waals surface area contributed by atoms with Gasteiger partial charge in [-0.25, -0.2) is 4.39 Å². The van der Waals surface area contributed by atoms with Crippen molar-refractivity contribution < 1.29 is 22.3 Å². The van der Waals surface area contributed by atoms with Gasteiger partial charge in [-0.2, -0.15) is 13.2 Å². The fraction of sp³-hybridized carbons (Fsp3) is 0.538. The Balaban J connectivity index is 1.95. The Bertz CT molecular complexity index is 429. The second-order valence-electron chi connectivity index (χ2n) is 4.78. The molecule has 0 spiro atoms. The van der Waals surface area contributed by atoms with Crippen molar-refractivity contribution in [2.75, 3.05) is 26.3 Å². The lowest BCUT2D eigenvalue weighted by molar-refractivity contribution is -0.175. The molecule has 106 valence electrons. The zero-order chi connectivity index (χ0) is 13.9. The molecule has 0 unspecified atom stereocenters. The zero-order valence-corrected chi connectivity index (χ0v) is 10.3. The topological polar surface area (TPSA) is 21.3 Å². The van der Waals surface area contributed by atoms with Crippen LogP contribution in [0, 0.1) is 5.82 Å². The summed E-state index contributed by atoms with van der Waals surface area (Å²) in [5.74, 6) is -0.320. The van der Waals surface area contributed by atoms with Crippen LogP contribution < -0.4 is 5.32 Å². The molecule has 1 aliphatic heterocycles. The van der Waals surface area contributed by atoms with Gasteiger partial charge in [0.05, 0.1) is 0 Å². The molecule has 1 N–H and O–H groups in total. The molecule has 0 bridgehead atoms. The average Bonchev–Trinajstić information content (AvgIpc) is 2.27. The molecule has 0 atom stereocenters. The van der Waals surface area contributed by atoms with Gasteiger partial charge in [-0.05, 0) is 18.1 Å². The van der Waals surface area contributed by atoms with Crippen molar-refractivity contribution in [2.45, 2.75) is 18.0 Å². The maximum absolute atomic E-state index is 13.8. The Morgan fingerprint density at radius 1 is 1.21 bits per heavy atom. The van der Waals surface area contributed by atoms with Gasteiger partial charge >= 0.3 is 6.18 Å². The predicted molar refractivity (Wildman–Crippen MR) is 62.4 cm³/mol. The van der Waals surface area contributed by atoms with E-state index in [1.165, 1.54) is 6.07 Å². The predicted octanol–water partition coefficient (Wildman–Crippen LogP) is 2.64. The minimum Gasteiger partial charge on any atom is -0.372 e. The number of ether oxygens (including phenoxy) is 1. The fourth-order valence-corrected chi connectivity index (χ4v) is 2.28. The number of alkyl halides is 3. The Morgan fingerprint density at radius 3 is 2.42 bits per heavy atom. The van der Waals surface area contributed by atoms with Crippen LogP contribution in [0.25, 0.3) is 0 Å². The quantitative estimate of drug-likeness (QED) is 0.660. The Morgan fingerprint density at radius 2 is 1.89 bits per heavy atom. The molecule has 1 fully saturated rings. The van der Waals surface area contributed by atoms with Gasteiger partial charge < -0.3 is 10.1 Å². The highest BCUT2D eigenvalue weighted by Crippen LogP contribution is 2.34. The molecule has 1 aliphatic rings. The molecule has 1 heterocycles. The number of hydrogen-bond donors (Lipinski definition) is 1.